The molecule has 0 bridgehead atoms. The van der Waals surface area contributed by atoms with Crippen molar-refractivity contribution in [1.29, 1.82) is 0 Å². The molecule has 3 aromatic heterocycles. The van der Waals surface area contributed by atoms with Gasteiger partial charge in [-0.15, -0.1) is 10.2 Å². The number of nitrogens with one attached hydrogen (secondary N) is 2. The van der Waals surface area contributed by atoms with Crippen LogP contribution in [0.2, 0.25) is 0 Å². The summed E-state index contributed by atoms with van der Waals surface area (Å²) in [6.45, 7) is 3.24. The van der Waals surface area contributed by atoms with E-state index in [1.165, 1.54) is 0 Å². The molecule has 0 amide bonds. The Morgan fingerprint density at radius 1 is 0.932 bits per heavy atom. The third-order valence-corrected chi connectivity index (χ3v) is 7.70. The van der Waals surface area contributed by atoms with Gasteiger partial charge in [-0.25, -0.2) is 9.97 Å². The van der Waals surface area contributed by atoms with Crippen LogP contribution in [0.3, 0.4) is 0 Å². The molecule has 13 heteroatoms. The fourth-order valence-electron chi connectivity index (χ4n) is 5.40. The van der Waals surface area contributed by atoms with E-state index in [1.54, 1.807) is 26.6 Å². The Morgan fingerprint density at radius 2 is 1.80 bits per heavy atom. The smallest absolute Gasteiger partial charge is 0.451 e. The molecule has 10 nitrogen and oxygen atoms in total. The van der Waals surface area contributed by atoms with Gasteiger partial charge in [-0.1, -0.05) is 18.2 Å². The Balaban J connectivity index is 1.13. The molecule has 2 aromatic carbocycles. The number of pyridine rings is 2. The molecule has 0 fully saturated rings. The molecule has 0 spiro atoms. The number of halogens is 3. The first kappa shape index (κ1) is 29.0. The number of aromatic nitrogens is 5. The first-order valence-corrected chi connectivity index (χ1v) is 14.0. The molecule has 228 valence electrons. The molecule has 0 saturated carbocycles. The Labute approximate surface area is 251 Å². The standard InChI is InChI=1S/C31H31F3N8O2/c1-19-17-42-28(39-40-30(42)31(32,33)34)18-41(19)27-10-7-20(15-37-27)14-36-25-6-4-5-24-23(25)11-12-35-29(24)38-16-21-8-9-22(43-2)13-26(21)44-3/h4-13,15,19,36H,14,16-18H2,1-3H3,(H,35,38). The van der Waals surface area contributed by atoms with Crippen LogP contribution in [0.15, 0.2) is 67.0 Å². The number of hydrogen-bond donors (Lipinski definition) is 2. The second kappa shape index (κ2) is 11.9. The first-order valence-electron chi connectivity index (χ1n) is 14.0. The molecule has 1 aliphatic rings. The molecule has 5 aromatic rings. The minimum Gasteiger partial charge on any atom is -0.497 e. The number of alkyl halides is 3. The van der Waals surface area contributed by atoms with Crippen LogP contribution in [0.1, 0.15) is 29.7 Å². The summed E-state index contributed by atoms with van der Waals surface area (Å²) in [6.07, 6.45) is -0.989. The lowest BCUT2D eigenvalue weighted by atomic mass is 10.1. The first-order chi connectivity index (χ1) is 21.2. The number of fused-ring (bicyclic) bond motifs is 2. The van der Waals surface area contributed by atoms with Gasteiger partial charge in [-0.2, -0.15) is 13.2 Å². The summed E-state index contributed by atoms with van der Waals surface area (Å²) in [6, 6.07) is 17.3. The Bertz CT molecular complexity index is 1770. The fraction of sp³-hybridized carbons (Fsp3) is 0.290. The zero-order valence-corrected chi connectivity index (χ0v) is 24.4. The van der Waals surface area contributed by atoms with Gasteiger partial charge in [0, 0.05) is 66.2 Å². The van der Waals surface area contributed by atoms with E-state index >= 15 is 0 Å². The zero-order chi connectivity index (χ0) is 30.8. The summed E-state index contributed by atoms with van der Waals surface area (Å²) in [5, 5.41) is 16.1. The van der Waals surface area contributed by atoms with Crippen LogP contribution >= 0.6 is 0 Å². The highest BCUT2D eigenvalue weighted by molar-refractivity contribution is 5.99. The van der Waals surface area contributed by atoms with E-state index in [0.29, 0.717) is 18.9 Å². The number of methoxy groups -OCH3 is 2. The van der Waals surface area contributed by atoms with Crippen molar-refractivity contribution in [2.24, 2.45) is 0 Å². The maximum absolute atomic E-state index is 13.3. The predicted octanol–water partition coefficient (Wildman–Crippen LogP) is 5.89. The Morgan fingerprint density at radius 3 is 2.55 bits per heavy atom. The number of ether oxygens (including phenoxy) is 2. The SMILES string of the molecule is COc1ccc(CNc2nccc3c(NCc4ccc(N5Cc6nnc(C(F)(F)F)n6CC5C)nc4)cccc23)c(OC)c1. The number of nitrogens with zero attached hydrogens (tertiary/aromatic N) is 6. The second-order valence-electron chi connectivity index (χ2n) is 10.5. The monoisotopic (exact) mass is 604 g/mol. The minimum atomic E-state index is -4.54. The van der Waals surface area contributed by atoms with Gasteiger partial charge in [0.1, 0.15) is 23.1 Å². The second-order valence-corrected chi connectivity index (χ2v) is 10.5. The summed E-state index contributed by atoms with van der Waals surface area (Å²) in [5.41, 5.74) is 2.88. The van der Waals surface area contributed by atoms with Crippen molar-refractivity contribution in [1.82, 2.24) is 24.7 Å². The third-order valence-electron chi connectivity index (χ3n) is 7.70. The van der Waals surface area contributed by atoms with Crippen LogP contribution in [0.5, 0.6) is 11.5 Å². The lowest BCUT2D eigenvalue weighted by Crippen LogP contribution is -2.42. The van der Waals surface area contributed by atoms with Crippen molar-refractivity contribution in [3.63, 3.8) is 0 Å². The molecule has 0 saturated heterocycles. The summed E-state index contributed by atoms with van der Waals surface area (Å²) in [4.78, 5) is 11.1. The van der Waals surface area contributed by atoms with Crippen molar-refractivity contribution in [3.05, 3.63) is 89.8 Å². The van der Waals surface area contributed by atoms with Crippen molar-refractivity contribution in [3.8, 4) is 11.5 Å². The van der Waals surface area contributed by atoms with E-state index in [4.69, 9.17) is 9.47 Å². The van der Waals surface area contributed by atoms with Crippen LogP contribution in [-0.4, -0.2) is 45.0 Å². The molecule has 4 heterocycles. The number of benzene rings is 2. The van der Waals surface area contributed by atoms with Crippen molar-refractivity contribution in [2.45, 2.75) is 45.3 Å². The van der Waals surface area contributed by atoms with Gasteiger partial charge in [0.05, 0.1) is 20.8 Å². The van der Waals surface area contributed by atoms with Crippen LogP contribution in [-0.2, 0) is 32.4 Å². The van der Waals surface area contributed by atoms with Gasteiger partial charge in [0.25, 0.3) is 0 Å². The molecule has 2 N–H and O–H groups in total. The van der Waals surface area contributed by atoms with Gasteiger partial charge in [-0.05, 0) is 42.8 Å². The molecule has 0 radical (unpaired) electrons. The summed E-state index contributed by atoms with van der Waals surface area (Å²) in [5.74, 6) is 2.19. The normalized spacial score (nSPS) is 14.8. The minimum absolute atomic E-state index is 0.128. The largest absolute Gasteiger partial charge is 0.497 e. The van der Waals surface area contributed by atoms with Crippen molar-refractivity contribution < 1.29 is 22.6 Å². The van der Waals surface area contributed by atoms with Gasteiger partial charge in [-0.3, -0.25) is 0 Å². The zero-order valence-electron chi connectivity index (χ0n) is 24.4. The van der Waals surface area contributed by atoms with E-state index in [0.717, 1.165) is 49.5 Å². The van der Waals surface area contributed by atoms with Gasteiger partial charge < -0.3 is 29.6 Å². The van der Waals surface area contributed by atoms with E-state index in [9.17, 15) is 13.2 Å². The van der Waals surface area contributed by atoms with E-state index in [-0.39, 0.29) is 25.0 Å². The highest BCUT2D eigenvalue weighted by Gasteiger charge is 2.40. The molecule has 6 rings (SSSR count). The molecule has 1 aliphatic heterocycles. The molecule has 1 atom stereocenters. The Kier molecular flexibility index (Phi) is 7.85. The quantitative estimate of drug-likeness (QED) is 0.213. The highest BCUT2D eigenvalue weighted by atomic mass is 19.4. The highest BCUT2D eigenvalue weighted by Crippen LogP contribution is 2.33. The number of hydrogen-bond acceptors (Lipinski definition) is 9. The van der Waals surface area contributed by atoms with Crippen molar-refractivity contribution in [2.75, 3.05) is 29.8 Å². The van der Waals surface area contributed by atoms with Gasteiger partial charge >= 0.3 is 6.18 Å². The lowest BCUT2D eigenvalue weighted by Gasteiger charge is -2.35. The van der Waals surface area contributed by atoms with Gasteiger partial charge in [0.15, 0.2) is 5.82 Å². The topological polar surface area (TPSA) is 102 Å². The molecule has 44 heavy (non-hydrogen) atoms. The van der Waals surface area contributed by atoms with Crippen LogP contribution in [0.4, 0.5) is 30.5 Å². The van der Waals surface area contributed by atoms with E-state index in [2.05, 4.69) is 30.8 Å². The van der Waals surface area contributed by atoms with Crippen molar-refractivity contribution >= 4 is 28.1 Å². The summed E-state index contributed by atoms with van der Waals surface area (Å²) < 4.78 is 51.8. The lowest BCUT2D eigenvalue weighted by molar-refractivity contribution is -0.147. The maximum Gasteiger partial charge on any atom is 0.451 e. The van der Waals surface area contributed by atoms with E-state index in [1.807, 2.05) is 66.4 Å². The number of anilines is 3. The molecule has 1 unspecified atom stereocenters. The molecular formula is C31H31F3N8O2. The van der Waals surface area contributed by atoms with Gasteiger partial charge in [0.2, 0.25) is 5.82 Å². The van der Waals surface area contributed by atoms with Crippen LogP contribution in [0.25, 0.3) is 10.8 Å². The Hall–Kier alpha value is -5.07. The predicted molar refractivity (Wildman–Crippen MR) is 161 cm³/mol. The summed E-state index contributed by atoms with van der Waals surface area (Å²) in [7, 11) is 3.25. The fourth-order valence-corrected chi connectivity index (χ4v) is 5.40. The molecular weight excluding hydrogens is 573 g/mol. The average molecular weight is 605 g/mol. The number of rotatable bonds is 9. The molecule has 0 aliphatic carbocycles. The maximum atomic E-state index is 13.3. The third kappa shape index (κ3) is 5.77. The van der Waals surface area contributed by atoms with Crippen LogP contribution in [0, 0.1) is 0 Å². The summed E-state index contributed by atoms with van der Waals surface area (Å²) >= 11 is 0. The average Bonchev–Trinajstić information content (AvgIpc) is 3.46. The van der Waals surface area contributed by atoms with Crippen LogP contribution < -0.4 is 25.0 Å². The van der Waals surface area contributed by atoms with E-state index < -0.39 is 12.0 Å².